The van der Waals surface area contributed by atoms with Gasteiger partial charge in [-0.15, -0.1) is 0 Å². The van der Waals surface area contributed by atoms with Crippen molar-refractivity contribution in [3.05, 3.63) is 65.2 Å². The van der Waals surface area contributed by atoms with Gasteiger partial charge in [-0.25, -0.2) is 4.79 Å². The summed E-state index contributed by atoms with van der Waals surface area (Å²) in [6, 6.07) is 14.8. The molecule has 0 bridgehead atoms. The molecule has 0 radical (unpaired) electrons. The number of rotatable bonds is 7. The van der Waals surface area contributed by atoms with Gasteiger partial charge in [0.05, 0.1) is 18.7 Å². The lowest BCUT2D eigenvalue weighted by atomic mass is 9.99. The highest BCUT2D eigenvalue weighted by atomic mass is 16.6. The predicted octanol–water partition coefficient (Wildman–Crippen LogP) is 2.68. The number of nitriles is 1. The van der Waals surface area contributed by atoms with Crippen LogP contribution < -0.4 is 4.74 Å². The maximum atomic E-state index is 12.8. The van der Waals surface area contributed by atoms with Crippen molar-refractivity contribution in [2.45, 2.75) is 6.10 Å². The van der Waals surface area contributed by atoms with Crippen LogP contribution in [0.5, 0.6) is 5.75 Å². The third-order valence-corrected chi connectivity index (χ3v) is 3.47. The molecule has 0 aliphatic heterocycles. The first-order chi connectivity index (χ1) is 12.1. The van der Waals surface area contributed by atoms with E-state index in [1.807, 2.05) is 6.07 Å². The van der Waals surface area contributed by atoms with E-state index in [1.54, 1.807) is 48.5 Å². The molecule has 0 amide bonds. The summed E-state index contributed by atoms with van der Waals surface area (Å²) < 4.78 is 15.1. The monoisotopic (exact) mass is 339 g/mol. The minimum atomic E-state index is -1.12. The number of carbonyl (C=O) groups is 2. The van der Waals surface area contributed by atoms with E-state index in [9.17, 15) is 9.59 Å². The van der Waals surface area contributed by atoms with Gasteiger partial charge in [0.2, 0.25) is 5.78 Å². The Bertz CT molecular complexity index is 775. The molecule has 0 spiro atoms. The van der Waals surface area contributed by atoms with Gasteiger partial charge in [-0.05, 0) is 36.4 Å². The number of ketones is 1. The molecule has 0 aliphatic carbocycles. The predicted molar refractivity (Wildman–Crippen MR) is 89.2 cm³/mol. The van der Waals surface area contributed by atoms with E-state index in [-0.39, 0.29) is 12.4 Å². The van der Waals surface area contributed by atoms with Crippen molar-refractivity contribution in [3.8, 4) is 11.8 Å². The van der Waals surface area contributed by atoms with Crippen LogP contribution in [0.2, 0.25) is 0 Å². The van der Waals surface area contributed by atoms with Crippen molar-refractivity contribution in [1.29, 1.82) is 5.26 Å². The summed E-state index contributed by atoms with van der Waals surface area (Å²) >= 11 is 0. The van der Waals surface area contributed by atoms with Gasteiger partial charge in [-0.3, -0.25) is 4.79 Å². The fraction of sp³-hybridized carbons (Fsp3) is 0.211. The molecule has 128 valence electrons. The summed E-state index contributed by atoms with van der Waals surface area (Å²) in [5.74, 6) is -0.418. The average molecular weight is 339 g/mol. The minimum absolute atomic E-state index is 0.261. The molecule has 0 N–H and O–H groups in total. The molecule has 6 nitrogen and oxygen atoms in total. The Kier molecular flexibility index (Phi) is 6.26. The molecule has 2 rings (SSSR count). The van der Waals surface area contributed by atoms with Crippen LogP contribution in [0.1, 0.15) is 27.6 Å². The van der Waals surface area contributed by atoms with E-state index in [0.29, 0.717) is 22.4 Å². The Labute approximate surface area is 145 Å². The molecule has 1 atom stereocenters. The highest BCUT2D eigenvalue weighted by Gasteiger charge is 2.26. The molecule has 25 heavy (non-hydrogen) atoms. The van der Waals surface area contributed by atoms with Crippen LogP contribution in [0.4, 0.5) is 0 Å². The van der Waals surface area contributed by atoms with Gasteiger partial charge >= 0.3 is 5.97 Å². The number of Topliss-reactive ketones (excluding diaryl/α,β-unsaturated/α-hetero) is 1. The molecular weight excluding hydrogens is 322 g/mol. The van der Waals surface area contributed by atoms with E-state index in [0.717, 1.165) is 0 Å². The Morgan fingerprint density at radius 3 is 2.20 bits per heavy atom. The Balaban J connectivity index is 2.32. The number of nitrogens with zero attached hydrogens (tertiary/aromatic N) is 1. The molecule has 0 aromatic heterocycles. The zero-order valence-corrected chi connectivity index (χ0v) is 13.9. The first-order valence-corrected chi connectivity index (χ1v) is 7.45. The molecule has 0 fully saturated rings. The SMILES string of the molecule is COCC(=O)OC(C(=O)c1ccc(OC)cc1)c1ccc(C#N)cc1. The summed E-state index contributed by atoms with van der Waals surface area (Å²) in [4.78, 5) is 24.6. The molecule has 1 unspecified atom stereocenters. The lowest BCUT2D eigenvalue weighted by Gasteiger charge is -2.17. The normalized spacial score (nSPS) is 11.2. The highest BCUT2D eigenvalue weighted by molar-refractivity contribution is 6.01. The van der Waals surface area contributed by atoms with Crippen molar-refractivity contribution in [3.63, 3.8) is 0 Å². The van der Waals surface area contributed by atoms with Gasteiger partial charge in [-0.1, -0.05) is 12.1 Å². The second kappa shape index (κ2) is 8.62. The maximum absolute atomic E-state index is 12.8. The zero-order valence-electron chi connectivity index (χ0n) is 13.9. The van der Waals surface area contributed by atoms with Crippen molar-refractivity contribution in [2.24, 2.45) is 0 Å². The second-order valence-electron chi connectivity index (χ2n) is 5.13. The van der Waals surface area contributed by atoms with Gasteiger partial charge < -0.3 is 14.2 Å². The van der Waals surface area contributed by atoms with Crippen LogP contribution in [0, 0.1) is 11.3 Å². The van der Waals surface area contributed by atoms with Crippen molar-refractivity contribution < 1.29 is 23.8 Å². The first kappa shape index (κ1) is 18.2. The fourth-order valence-electron chi connectivity index (χ4n) is 2.20. The lowest BCUT2D eigenvalue weighted by Crippen LogP contribution is -2.22. The van der Waals surface area contributed by atoms with Gasteiger partial charge in [-0.2, -0.15) is 5.26 Å². The van der Waals surface area contributed by atoms with E-state index in [2.05, 4.69) is 0 Å². The van der Waals surface area contributed by atoms with Crippen LogP contribution in [0.25, 0.3) is 0 Å². The maximum Gasteiger partial charge on any atom is 0.333 e. The van der Waals surface area contributed by atoms with Crippen LogP contribution in [0.3, 0.4) is 0 Å². The number of benzene rings is 2. The molecule has 0 saturated carbocycles. The van der Waals surface area contributed by atoms with E-state index < -0.39 is 12.1 Å². The van der Waals surface area contributed by atoms with Crippen LogP contribution in [-0.2, 0) is 14.3 Å². The lowest BCUT2D eigenvalue weighted by molar-refractivity contribution is -0.151. The molecule has 0 saturated heterocycles. The smallest absolute Gasteiger partial charge is 0.333 e. The second-order valence-corrected chi connectivity index (χ2v) is 5.13. The third-order valence-electron chi connectivity index (χ3n) is 3.47. The standard InChI is InChI=1S/C19H17NO5/c1-23-12-17(21)25-19(15-5-3-13(11-20)4-6-15)18(22)14-7-9-16(24-2)10-8-14/h3-10,19H,12H2,1-2H3. The minimum Gasteiger partial charge on any atom is -0.497 e. The summed E-state index contributed by atoms with van der Waals surface area (Å²) in [5.41, 5.74) is 1.30. The quantitative estimate of drug-likeness (QED) is 0.569. The summed E-state index contributed by atoms with van der Waals surface area (Å²) in [5, 5.41) is 8.89. The van der Waals surface area contributed by atoms with E-state index in [4.69, 9.17) is 19.5 Å². The number of esters is 1. The summed E-state index contributed by atoms with van der Waals surface area (Å²) in [7, 11) is 2.90. The van der Waals surface area contributed by atoms with Gasteiger partial charge in [0, 0.05) is 18.2 Å². The van der Waals surface area contributed by atoms with E-state index in [1.165, 1.54) is 14.2 Å². The third kappa shape index (κ3) is 4.66. The van der Waals surface area contributed by atoms with Gasteiger partial charge in [0.1, 0.15) is 12.4 Å². The molecule has 0 aliphatic rings. The number of hydrogen-bond donors (Lipinski definition) is 0. The Morgan fingerprint density at radius 2 is 1.68 bits per heavy atom. The van der Waals surface area contributed by atoms with Crippen molar-refractivity contribution >= 4 is 11.8 Å². The van der Waals surface area contributed by atoms with Crippen molar-refractivity contribution in [2.75, 3.05) is 20.8 Å². The molecule has 2 aromatic carbocycles. The largest absolute Gasteiger partial charge is 0.497 e. The topological polar surface area (TPSA) is 85.6 Å². The van der Waals surface area contributed by atoms with Crippen molar-refractivity contribution in [1.82, 2.24) is 0 Å². The molecular formula is C19H17NO5. The summed E-state index contributed by atoms with van der Waals surface area (Å²) in [6.07, 6.45) is -1.12. The van der Waals surface area contributed by atoms with E-state index >= 15 is 0 Å². The van der Waals surface area contributed by atoms with Gasteiger partial charge in [0.15, 0.2) is 6.10 Å². The first-order valence-electron chi connectivity index (χ1n) is 7.45. The zero-order chi connectivity index (χ0) is 18.2. The average Bonchev–Trinajstić information content (AvgIpc) is 2.66. The number of hydrogen-bond acceptors (Lipinski definition) is 6. The molecule has 0 heterocycles. The highest BCUT2D eigenvalue weighted by Crippen LogP contribution is 2.24. The van der Waals surface area contributed by atoms with Gasteiger partial charge in [0.25, 0.3) is 0 Å². The van der Waals surface area contributed by atoms with Crippen LogP contribution in [-0.4, -0.2) is 32.6 Å². The number of methoxy groups -OCH3 is 2. The Morgan fingerprint density at radius 1 is 1.04 bits per heavy atom. The number of ether oxygens (including phenoxy) is 3. The Hall–Kier alpha value is -3.17. The fourth-order valence-corrected chi connectivity index (χ4v) is 2.20. The molecule has 6 heteroatoms. The van der Waals surface area contributed by atoms with Crippen LogP contribution >= 0.6 is 0 Å². The molecule has 2 aromatic rings. The summed E-state index contributed by atoms with van der Waals surface area (Å²) in [6.45, 7) is -0.261. The van der Waals surface area contributed by atoms with Crippen LogP contribution in [0.15, 0.2) is 48.5 Å². The number of carbonyl (C=O) groups excluding carboxylic acids is 2.